The summed E-state index contributed by atoms with van der Waals surface area (Å²) in [5, 5.41) is 8.98. The molecule has 2 saturated heterocycles. The van der Waals surface area contributed by atoms with Crippen molar-refractivity contribution in [3.05, 3.63) is 24.3 Å². The number of hydrogen-bond acceptors (Lipinski definition) is 5. The van der Waals surface area contributed by atoms with Crippen molar-refractivity contribution in [2.24, 2.45) is 5.92 Å². The van der Waals surface area contributed by atoms with Crippen LogP contribution in [-0.4, -0.2) is 75.6 Å². The van der Waals surface area contributed by atoms with E-state index in [1.54, 1.807) is 4.80 Å². The van der Waals surface area contributed by atoms with Crippen LogP contribution < -0.4 is 0 Å². The topological polar surface area (TPSA) is 63.5 Å². The lowest BCUT2D eigenvalue weighted by Gasteiger charge is -2.38. The van der Waals surface area contributed by atoms with Gasteiger partial charge >= 0.3 is 0 Å². The molecule has 3 heterocycles. The second-order valence-corrected chi connectivity index (χ2v) is 9.57. The van der Waals surface area contributed by atoms with Crippen LogP contribution in [0.15, 0.2) is 24.3 Å². The van der Waals surface area contributed by atoms with Crippen LogP contribution in [0.4, 0.5) is 0 Å². The fraction of sp³-hybridized carbons (Fsp3) is 0.708. The molecule has 2 aliphatic heterocycles. The molecule has 168 valence electrons. The SMILES string of the molecule is O=C(Cn1nc2ccccc2n1)N(CC1CCN(C2CCCC2)CC1)C[C@@H]1CCCO1. The van der Waals surface area contributed by atoms with Crippen molar-refractivity contribution in [3.63, 3.8) is 0 Å². The molecule has 3 aliphatic rings. The molecule has 1 amide bonds. The summed E-state index contributed by atoms with van der Waals surface area (Å²) < 4.78 is 5.87. The first-order valence-electron chi connectivity index (χ1n) is 12.2. The number of ether oxygens (including phenoxy) is 1. The van der Waals surface area contributed by atoms with Crippen LogP contribution in [0.1, 0.15) is 51.4 Å². The molecular weight excluding hydrogens is 390 g/mol. The van der Waals surface area contributed by atoms with Crippen LogP contribution in [0.2, 0.25) is 0 Å². The van der Waals surface area contributed by atoms with Crippen molar-refractivity contribution in [1.29, 1.82) is 0 Å². The Morgan fingerprint density at radius 1 is 0.968 bits per heavy atom. The zero-order valence-electron chi connectivity index (χ0n) is 18.5. The van der Waals surface area contributed by atoms with Crippen LogP contribution in [-0.2, 0) is 16.1 Å². The van der Waals surface area contributed by atoms with E-state index in [1.165, 1.54) is 51.6 Å². The molecule has 0 bridgehead atoms. The first kappa shape index (κ1) is 20.9. The molecule has 0 N–H and O–H groups in total. The highest BCUT2D eigenvalue weighted by Crippen LogP contribution is 2.28. The van der Waals surface area contributed by atoms with Crippen molar-refractivity contribution in [2.45, 2.75) is 70.1 Å². The normalized spacial score (nSPS) is 23.7. The molecule has 1 saturated carbocycles. The number of fused-ring (bicyclic) bond motifs is 1. The number of hydrogen-bond donors (Lipinski definition) is 0. The lowest BCUT2D eigenvalue weighted by molar-refractivity contribution is -0.134. The van der Waals surface area contributed by atoms with Gasteiger partial charge in [0, 0.05) is 25.7 Å². The standard InChI is InChI=1S/C24H35N5O2/c30-24(18-29-25-22-9-3-4-10-23(22)26-29)28(17-21-8-5-15-31-21)16-19-11-13-27(14-12-19)20-6-1-2-7-20/h3-4,9-10,19-21H,1-2,5-8,11-18H2/t21-/m0/s1. The van der Waals surface area contributed by atoms with Crippen LogP contribution in [0, 0.1) is 5.92 Å². The number of aromatic nitrogens is 3. The fourth-order valence-corrected chi connectivity index (χ4v) is 5.59. The van der Waals surface area contributed by atoms with Crippen LogP contribution >= 0.6 is 0 Å². The van der Waals surface area contributed by atoms with E-state index in [2.05, 4.69) is 15.1 Å². The summed E-state index contributed by atoms with van der Waals surface area (Å²) in [6.07, 6.45) is 10.2. The maximum absolute atomic E-state index is 13.3. The van der Waals surface area contributed by atoms with E-state index in [0.29, 0.717) is 12.5 Å². The highest BCUT2D eigenvalue weighted by molar-refractivity contribution is 5.77. The van der Waals surface area contributed by atoms with E-state index >= 15 is 0 Å². The quantitative estimate of drug-likeness (QED) is 0.682. The van der Waals surface area contributed by atoms with Gasteiger partial charge in [0.05, 0.1) is 6.10 Å². The molecule has 5 rings (SSSR count). The number of benzene rings is 1. The zero-order valence-corrected chi connectivity index (χ0v) is 18.5. The van der Waals surface area contributed by atoms with E-state index in [9.17, 15) is 4.79 Å². The average Bonchev–Trinajstić information content (AvgIpc) is 3.55. The van der Waals surface area contributed by atoms with Gasteiger partial charge in [0.1, 0.15) is 17.6 Å². The smallest absolute Gasteiger partial charge is 0.246 e. The van der Waals surface area contributed by atoms with E-state index in [4.69, 9.17) is 4.74 Å². The number of nitrogens with zero attached hydrogens (tertiary/aromatic N) is 5. The summed E-state index contributed by atoms with van der Waals surface area (Å²) in [5.74, 6) is 0.682. The van der Waals surface area contributed by atoms with Gasteiger partial charge in [-0.1, -0.05) is 25.0 Å². The van der Waals surface area contributed by atoms with Gasteiger partial charge in [0.15, 0.2) is 0 Å². The summed E-state index contributed by atoms with van der Waals surface area (Å²) in [7, 11) is 0. The van der Waals surface area contributed by atoms with E-state index < -0.39 is 0 Å². The molecule has 1 aromatic carbocycles. The third-order valence-corrected chi connectivity index (χ3v) is 7.37. The summed E-state index contributed by atoms with van der Waals surface area (Å²) in [6, 6.07) is 8.58. The first-order valence-corrected chi connectivity index (χ1v) is 12.2. The summed E-state index contributed by atoms with van der Waals surface area (Å²) >= 11 is 0. The highest BCUT2D eigenvalue weighted by atomic mass is 16.5. The van der Waals surface area contributed by atoms with E-state index in [-0.39, 0.29) is 18.6 Å². The first-order chi connectivity index (χ1) is 15.2. The predicted molar refractivity (Wildman–Crippen MR) is 120 cm³/mol. The van der Waals surface area contributed by atoms with Crippen molar-refractivity contribution in [3.8, 4) is 0 Å². The van der Waals surface area contributed by atoms with Gasteiger partial charge in [-0.2, -0.15) is 15.0 Å². The minimum Gasteiger partial charge on any atom is -0.376 e. The molecular formula is C24H35N5O2. The number of likely N-dealkylation sites (tertiary alicyclic amines) is 1. The maximum atomic E-state index is 13.3. The highest BCUT2D eigenvalue weighted by Gasteiger charge is 2.30. The van der Waals surface area contributed by atoms with Crippen molar-refractivity contribution in [1.82, 2.24) is 24.8 Å². The van der Waals surface area contributed by atoms with Crippen molar-refractivity contribution in [2.75, 3.05) is 32.8 Å². The largest absolute Gasteiger partial charge is 0.376 e. The van der Waals surface area contributed by atoms with Crippen LogP contribution in [0.3, 0.4) is 0 Å². The average molecular weight is 426 g/mol. The molecule has 0 radical (unpaired) electrons. The van der Waals surface area contributed by atoms with Crippen LogP contribution in [0.25, 0.3) is 11.0 Å². The van der Waals surface area contributed by atoms with Gasteiger partial charge in [-0.3, -0.25) is 4.79 Å². The molecule has 7 nitrogen and oxygen atoms in total. The zero-order chi connectivity index (χ0) is 21.0. The fourth-order valence-electron chi connectivity index (χ4n) is 5.59. The summed E-state index contributed by atoms with van der Waals surface area (Å²) in [4.78, 5) is 19.6. The number of carbonyl (C=O) groups is 1. The molecule has 0 spiro atoms. The Hall–Kier alpha value is -1.99. The Morgan fingerprint density at radius 3 is 2.32 bits per heavy atom. The molecule has 1 aromatic heterocycles. The van der Waals surface area contributed by atoms with Gasteiger partial charge in [-0.25, -0.2) is 0 Å². The monoisotopic (exact) mass is 425 g/mol. The van der Waals surface area contributed by atoms with Gasteiger partial charge in [0.25, 0.3) is 0 Å². The number of rotatable bonds is 7. The van der Waals surface area contributed by atoms with E-state index in [1.807, 2.05) is 29.2 Å². The Morgan fingerprint density at radius 2 is 1.68 bits per heavy atom. The molecule has 1 aliphatic carbocycles. The van der Waals surface area contributed by atoms with E-state index in [0.717, 1.165) is 43.1 Å². The summed E-state index contributed by atoms with van der Waals surface area (Å²) in [5.41, 5.74) is 1.67. The number of amides is 1. The lowest BCUT2D eigenvalue weighted by atomic mass is 9.94. The Balaban J connectivity index is 1.21. The molecule has 3 fully saturated rings. The maximum Gasteiger partial charge on any atom is 0.246 e. The minimum atomic E-state index is 0.106. The molecule has 1 atom stereocenters. The minimum absolute atomic E-state index is 0.106. The molecule has 2 aromatic rings. The third kappa shape index (κ3) is 5.09. The Kier molecular flexibility index (Phi) is 6.50. The second kappa shape index (κ2) is 9.65. The lowest BCUT2D eigenvalue weighted by Crippen LogP contribution is -2.46. The van der Waals surface area contributed by atoms with Gasteiger partial charge in [-0.05, 0) is 69.7 Å². The second-order valence-electron chi connectivity index (χ2n) is 9.57. The number of piperidine rings is 1. The molecule has 31 heavy (non-hydrogen) atoms. The van der Waals surface area contributed by atoms with Gasteiger partial charge in [-0.15, -0.1) is 0 Å². The van der Waals surface area contributed by atoms with Gasteiger partial charge in [0.2, 0.25) is 5.91 Å². The Bertz CT molecular complexity index is 831. The van der Waals surface area contributed by atoms with Crippen LogP contribution in [0.5, 0.6) is 0 Å². The molecule has 0 unspecified atom stereocenters. The van der Waals surface area contributed by atoms with Gasteiger partial charge < -0.3 is 14.5 Å². The summed E-state index contributed by atoms with van der Waals surface area (Å²) in [6.45, 7) is 4.91. The van der Waals surface area contributed by atoms with Crippen molar-refractivity contribution >= 4 is 16.9 Å². The number of carbonyl (C=O) groups excluding carboxylic acids is 1. The third-order valence-electron chi connectivity index (χ3n) is 7.37. The molecule has 7 heteroatoms. The predicted octanol–water partition coefficient (Wildman–Crippen LogP) is 3.09. The Labute approximate surface area is 184 Å². The van der Waals surface area contributed by atoms with Crippen molar-refractivity contribution < 1.29 is 9.53 Å².